The van der Waals surface area contributed by atoms with E-state index in [1.54, 1.807) is 0 Å². The van der Waals surface area contributed by atoms with Crippen LogP contribution in [-0.4, -0.2) is 12.6 Å². The lowest BCUT2D eigenvalue weighted by Crippen LogP contribution is -2.11. The van der Waals surface area contributed by atoms with Gasteiger partial charge in [0.1, 0.15) is 5.75 Å². The van der Waals surface area contributed by atoms with Crippen LogP contribution in [-0.2, 0) is 6.18 Å². The smallest absolute Gasteiger partial charge is 0.416 e. The third kappa shape index (κ3) is 6.18. The minimum atomic E-state index is -4.33. The van der Waals surface area contributed by atoms with E-state index in [1.165, 1.54) is 12.1 Å². The zero-order chi connectivity index (χ0) is 13.8. The second kappa shape index (κ2) is 6.37. The van der Waals surface area contributed by atoms with Crippen molar-refractivity contribution in [2.45, 2.75) is 18.6 Å². The van der Waals surface area contributed by atoms with Crippen molar-refractivity contribution in [3.63, 3.8) is 0 Å². The average molecular weight is 338 g/mol. The van der Waals surface area contributed by atoms with E-state index < -0.39 is 17.7 Å². The van der Waals surface area contributed by atoms with Crippen molar-refractivity contribution in [1.29, 1.82) is 0 Å². The molecule has 1 rings (SSSR count). The van der Waals surface area contributed by atoms with Crippen LogP contribution in [0.15, 0.2) is 24.3 Å². The van der Waals surface area contributed by atoms with E-state index in [0.29, 0.717) is 24.8 Å². The molecule has 0 fully saturated rings. The Labute approximate surface area is 118 Å². The zero-order valence-corrected chi connectivity index (χ0v) is 12.4. The minimum Gasteiger partial charge on any atom is -0.494 e. The first-order chi connectivity index (χ1) is 8.18. The summed E-state index contributed by atoms with van der Waals surface area (Å²) in [6.45, 7) is 0.312. The van der Waals surface area contributed by atoms with Gasteiger partial charge in [0.25, 0.3) is 0 Å². The lowest BCUT2D eigenvalue weighted by Gasteiger charge is -2.10. The van der Waals surface area contributed by atoms with Gasteiger partial charge < -0.3 is 4.74 Å². The van der Waals surface area contributed by atoms with Crippen LogP contribution in [0, 0.1) is 0 Å². The molecule has 102 valence electrons. The summed E-state index contributed by atoms with van der Waals surface area (Å²) in [6.07, 6.45) is -3.77. The predicted molar refractivity (Wildman–Crippen MR) is 69.7 cm³/mol. The molecule has 0 atom stereocenters. The molecule has 0 aromatic heterocycles. The van der Waals surface area contributed by atoms with Gasteiger partial charge in [-0.1, -0.05) is 0 Å². The van der Waals surface area contributed by atoms with E-state index in [-0.39, 0.29) is 0 Å². The molecule has 8 heteroatoms. The van der Waals surface area contributed by atoms with Crippen LogP contribution < -0.4 is 4.74 Å². The van der Waals surface area contributed by atoms with Crippen molar-refractivity contribution in [1.82, 2.24) is 0 Å². The molecule has 0 amide bonds. The number of hydrogen-bond acceptors (Lipinski definition) is 1. The summed E-state index contributed by atoms with van der Waals surface area (Å²) in [6, 6.07) is 2.30. The Morgan fingerprint density at radius 2 is 1.61 bits per heavy atom. The standard InChI is InChI=1S/C10H10Cl3F3OSi/c11-18(12,13)7-1-6-17-9-4-2-8(3-5-9)10(14,15)16/h2-5H,1,6-7H2. The normalized spacial score (nSPS) is 12.6. The molecule has 0 aliphatic heterocycles. The second-order valence-electron chi connectivity index (χ2n) is 3.59. The van der Waals surface area contributed by atoms with E-state index in [4.69, 9.17) is 38.0 Å². The first-order valence-corrected chi connectivity index (χ1v) is 10.3. The lowest BCUT2D eigenvalue weighted by atomic mass is 10.2. The molecule has 1 aromatic carbocycles. The number of rotatable bonds is 5. The Bertz CT molecular complexity index is 375. The van der Waals surface area contributed by atoms with Gasteiger partial charge in [-0.2, -0.15) is 13.2 Å². The summed E-state index contributed by atoms with van der Waals surface area (Å²) in [7, 11) is 0. The molecule has 0 N–H and O–H groups in total. The average Bonchev–Trinajstić information content (AvgIpc) is 2.22. The van der Waals surface area contributed by atoms with Crippen LogP contribution in [0.2, 0.25) is 6.04 Å². The molecule has 0 aliphatic rings. The third-order valence-corrected chi connectivity index (χ3v) is 4.68. The fraction of sp³-hybridized carbons (Fsp3) is 0.400. The van der Waals surface area contributed by atoms with E-state index in [1.807, 2.05) is 0 Å². The number of ether oxygens (including phenoxy) is 1. The van der Waals surface area contributed by atoms with Gasteiger partial charge in [0, 0.05) is 0 Å². The SMILES string of the molecule is FC(F)(F)c1ccc(OCCC[Si](Cl)(Cl)Cl)cc1. The summed E-state index contributed by atoms with van der Waals surface area (Å²) in [5.74, 6) is 0.369. The fourth-order valence-electron chi connectivity index (χ4n) is 1.20. The van der Waals surface area contributed by atoms with Crippen molar-refractivity contribution >= 4 is 39.2 Å². The molecule has 0 spiro atoms. The Balaban J connectivity index is 2.41. The molecule has 0 bridgehead atoms. The number of hydrogen-bond donors (Lipinski definition) is 0. The van der Waals surface area contributed by atoms with Gasteiger partial charge >= 0.3 is 12.2 Å². The highest BCUT2D eigenvalue weighted by molar-refractivity contribution is 7.64. The molecule has 0 radical (unpaired) electrons. The van der Waals surface area contributed by atoms with Crippen molar-refractivity contribution in [3.05, 3.63) is 29.8 Å². The molecule has 0 aliphatic carbocycles. The van der Waals surface area contributed by atoms with Gasteiger partial charge in [0.2, 0.25) is 0 Å². The molecular weight excluding hydrogens is 328 g/mol. The fourth-order valence-corrected chi connectivity index (χ4v) is 2.95. The van der Waals surface area contributed by atoms with Gasteiger partial charge in [-0.05, 0) is 36.7 Å². The lowest BCUT2D eigenvalue weighted by molar-refractivity contribution is -0.137. The quantitative estimate of drug-likeness (QED) is 0.411. The van der Waals surface area contributed by atoms with Crippen LogP contribution in [0.25, 0.3) is 0 Å². The van der Waals surface area contributed by atoms with E-state index in [0.717, 1.165) is 12.1 Å². The van der Waals surface area contributed by atoms with E-state index >= 15 is 0 Å². The highest BCUT2D eigenvalue weighted by Crippen LogP contribution is 2.30. The first-order valence-electron chi connectivity index (χ1n) is 5.05. The van der Waals surface area contributed by atoms with Crippen molar-refractivity contribution in [2.24, 2.45) is 0 Å². The largest absolute Gasteiger partial charge is 0.494 e. The van der Waals surface area contributed by atoms with Crippen molar-refractivity contribution in [2.75, 3.05) is 6.61 Å². The summed E-state index contributed by atoms with van der Waals surface area (Å²) in [5, 5.41) is 0. The summed E-state index contributed by atoms with van der Waals surface area (Å²) in [5.41, 5.74) is -0.705. The van der Waals surface area contributed by atoms with Crippen molar-refractivity contribution in [3.8, 4) is 5.75 Å². The zero-order valence-electron chi connectivity index (χ0n) is 9.11. The molecule has 0 heterocycles. The molecule has 0 saturated heterocycles. The van der Waals surface area contributed by atoms with Gasteiger partial charge in [0.15, 0.2) is 0 Å². The number of alkyl halides is 3. The highest BCUT2D eigenvalue weighted by atomic mass is 35.8. The van der Waals surface area contributed by atoms with Gasteiger partial charge in [-0.25, -0.2) is 0 Å². The summed E-state index contributed by atoms with van der Waals surface area (Å²) < 4.78 is 42.1. The van der Waals surface area contributed by atoms with E-state index in [2.05, 4.69) is 0 Å². The molecule has 1 aromatic rings. The summed E-state index contributed by atoms with van der Waals surface area (Å²) in [4.78, 5) is 0. The maximum Gasteiger partial charge on any atom is 0.416 e. The van der Waals surface area contributed by atoms with Crippen LogP contribution in [0.4, 0.5) is 13.2 Å². The Kier molecular flexibility index (Phi) is 5.64. The molecule has 18 heavy (non-hydrogen) atoms. The Morgan fingerprint density at radius 1 is 1.06 bits per heavy atom. The number of halogens is 6. The summed E-state index contributed by atoms with van der Waals surface area (Å²) >= 11 is 17.0. The monoisotopic (exact) mass is 336 g/mol. The molecular formula is C10H10Cl3F3OSi. The maximum atomic E-state index is 12.3. The minimum absolute atomic E-state index is 0.312. The van der Waals surface area contributed by atoms with Gasteiger partial charge in [0.05, 0.1) is 12.2 Å². The molecule has 0 saturated carbocycles. The van der Waals surface area contributed by atoms with Crippen LogP contribution >= 0.6 is 33.2 Å². The third-order valence-electron chi connectivity index (χ3n) is 2.05. The van der Waals surface area contributed by atoms with E-state index in [9.17, 15) is 13.2 Å². The Hall–Kier alpha value is -0.103. The second-order valence-corrected chi connectivity index (χ2v) is 12.9. The van der Waals surface area contributed by atoms with Crippen LogP contribution in [0.3, 0.4) is 0 Å². The van der Waals surface area contributed by atoms with Gasteiger partial charge in [-0.15, -0.1) is 33.2 Å². The Morgan fingerprint density at radius 3 is 2.06 bits per heavy atom. The predicted octanol–water partition coefficient (Wildman–Crippen LogP) is 5.13. The molecule has 0 unspecified atom stereocenters. The maximum absolute atomic E-state index is 12.3. The van der Waals surface area contributed by atoms with Crippen LogP contribution in [0.5, 0.6) is 5.75 Å². The highest BCUT2D eigenvalue weighted by Gasteiger charge is 2.30. The molecule has 1 nitrogen and oxygen atoms in total. The topological polar surface area (TPSA) is 9.23 Å². The first kappa shape index (κ1) is 16.0. The van der Waals surface area contributed by atoms with Gasteiger partial charge in [-0.3, -0.25) is 0 Å². The number of benzene rings is 1. The van der Waals surface area contributed by atoms with Crippen molar-refractivity contribution < 1.29 is 17.9 Å². The van der Waals surface area contributed by atoms with Crippen LogP contribution in [0.1, 0.15) is 12.0 Å².